The highest BCUT2D eigenvalue weighted by atomic mass is 32.2. The van der Waals surface area contributed by atoms with Gasteiger partial charge in [0.05, 0.1) is 11.5 Å². The van der Waals surface area contributed by atoms with Crippen LogP contribution < -0.4 is 0 Å². The minimum Gasteiger partial charge on any atom is -0.229 e. The van der Waals surface area contributed by atoms with E-state index in [9.17, 15) is 8.42 Å². The molecule has 0 aromatic carbocycles. The maximum absolute atomic E-state index is 11.3. The molecule has 2 unspecified atom stereocenters. The van der Waals surface area contributed by atoms with Gasteiger partial charge in [0.1, 0.15) is 0 Å². The summed E-state index contributed by atoms with van der Waals surface area (Å²) in [6.45, 7) is 2.24. The van der Waals surface area contributed by atoms with E-state index in [1.165, 1.54) is 6.42 Å². The summed E-state index contributed by atoms with van der Waals surface area (Å²) in [7, 11) is -2.66. The van der Waals surface area contributed by atoms with E-state index in [2.05, 4.69) is 6.92 Å². The van der Waals surface area contributed by atoms with Crippen LogP contribution in [0.25, 0.3) is 0 Å². The molecule has 12 heavy (non-hydrogen) atoms. The smallest absolute Gasteiger partial charge is 0.150 e. The number of hydrogen-bond donors (Lipinski definition) is 0. The molecule has 1 saturated carbocycles. The van der Waals surface area contributed by atoms with E-state index in [1.54, 1.807) is 0 Å². The van der Waals surface area contributed by atoms with Gasteiger partial charge in [-0.25, -0.2) is 8.42 Å². The van der Waals surface area contributed by atoms with Crippen LogP contribution >= 0.6 is 0 Å². The summed E-state index contributed by atoms with van der Waals surface area (Å²) in [6.07, 6.45) is 4.45. The minimum absolute atomic E-state index is 0.207. The molecule has 2 aliphatic rings. The first-order chi connectivity index (χ1) is 5.52. The van der Waals surface area contributed by atoms with Crippen LogP contribution in [0.1, 0.15) is 32.6 Å². The van der Waals surface area contributed by atoms with Gasteiger partial charge in [0.25, 0.3) is 0 Å². The topological polar surface area (TPSA) is 34.1 Å². The van der Waals surface area contributed by atoms with Gasteiger partial charge in [-0.3, -0.25) is 0 Å². The molecule has 2 atom stereocenters. The van der Waals surface area contributed by atoms with Crippen molar-refractivity contribution in [2.45, 2.75) is 32.6 Å². The summed E-state index contributed by atoms with van der Waals surface area (Å²) < 4.78 is 22.6. The van der Waals surface area contributed by atoms with E-state index in [1.807, 2.05) is 0 Å². The summed E-state index contributed by atoms with van der Waals surface area (Å²) in [6, 6.07) is 0. The summed E-state index contributed by atoms with van der Waals surface area (Å²) >= 11 is 0. The summed E-state index contributed by atoms with van der Waals surface area (Å²) in [4.78, 5) is 0. The number of rotatable bonds is 0. The lowest BCUT2D eigenvalue weighted by atomic mass is 9.85. The van der Waals surface area contributed by atoms with E-state index in [0.29, 0.717) is 11.5 Å². The molecule has 1 saturated heterocycles. The molecule has 0 radical (unpaired) electrons. The lowest BCUT2D eigenvalue weighted by molar-refractivity contribution is 0.335. The maximum Gasteiger partial charge on any atom is 0.150 e. The van der Waals surface area contributed by atoms with Crippen molar-refractivity contribution < 1.29 is 8.42 Å². The fourth-order valence-corrected chi connectivity index (χ4v) is 5.06. The monoisotopic (exact) mass is 188 g/mol. The molecule has 2 fully saturated rings. The predicted molar refractivity (Wildman–Crippen MR) is 48.7 cm³/mol. The van der Waals surface area contributed by atoms with Crippen molar-refractivity contribution in [3.8, 4) is 0 Å². The zero-order valence-corrected chi connectivity index (χ0v) is 8.36. The molecule has 0 aromatic heterocycles. The van der Waals surface area contributed by atoms with E-state index in [-0.39, 0.29) is 5.41 Å². The Morgan fingerprint density at radius 3 is 2.50 bits per heavy atom. The highest BCUT2D eigenvalue weighted by Gasteiger charge is 2.45. The van der Waals surface area contributed by atoms with E-state index in [4.69, 9.17) is 0 Å². The highest BCUT2D eigenvalue weighted by Crippen LogP contribution is 2.48. The average molecular weight is 188 g/mol. The summed E-state index contributed by atoms with van der Waals surface area (Å²) in [5.74, 6) is 1.67. The molecule has 1 aliphatic carbocycles. The Hall–Kier alpha value is -0.0500. The maximum atomic E-state index is 11.3. The van der Waals surface area contributed by atoms with E-state index >= 15 is 0 Å². The molecule has 2 rings (SSSR count). The quantitative estimate of drug-likeness (QED) is 0.579. The second kappa shape index (κ2) is 2.47. The first-order valence-electron chi connectivity index (χ1n) is 4.72. The van der Waals surface area contributed by atoms with Crippen molar-refractivity contribution in [3.63, 3.8) is 0 Å². The number of sulfone groups is 1. The lowest BCUT2D eigenvalue weighted by Gasteiger charge is -2.19. The molecule has 0 aromatic rings. The van der Waals surface area contributed by atoms with Crippen LogP contribution in [0.15, 0.2) is 0 Å². The molecule has 0 amide bonds. The van der Waals surface area contributed by atoms with Crippen LogP contribution in [0.5, 0.6) is 0 Å². The Kier molecular flexibility index (Phi) is 1.76. The second-order valence-corrected chi connectivity index (χ2v) is 6.87. The van der Waals surface area contributed by atoms with Gasteiger partial charge in [0.15, 0.2) is 9.84 Å². The summed E-state index contributed by atoms with van der Waals surface area (Å²) in [5, 5.41) is 0. The van der Waals surface area contributed by atoms with Crippen molar-refractivity contribution in [1.82, 2.24) is 0 Å². The average Bonchev–Trinajstić information content (AvgIpc) is 2.41. The lowest BCUT2D eigenvalue weighted by Crippen LogP contribution is -2.18. The van der Waals surface area contributed by atoms with Crippen molar-refractivity contribution in [1.29, 1.82) is 0 Å². The molecule has 2 nitrogen and oxygen atoms in total. The van der Waals surface area contributed by atoms with Crippen LogP contribution in [0.3, 0.4) is 0 Å². The minimum atomic E-state index is -2.66. The number of hydrogen-bond acceptors (Lipinski definition) is 2. The highest BCUT2D eigenvalue weighted by molar-refractivity contribution is 7.91. The first kappa shape index (κ1) is 8.54. The third-order valence-corrected chi connectivity index (χ3v) is 5.30. The van der Waals surface area contributed by atoms with Crippen molar-refractivity contribution in [2.24, 2.45) is 11.3 Å². The van der Waals surface area contributed by atoms with Crippen LogP contribution in [-0.4, -0.2) is 19.9 Å². The molecular formula is C9H16O2S. The Balaban J connectivity index is 2.16. The van der Waals surface area contributed by atoms with Crippen molar-refractivity contribution >= 4 is 9.84 Å². The molecule has 0 bridgehead atoms. The third kappa shape index (κ3) is 1.39. The summed E-state index contributed by atoms with van der Waals surface area (Å²) in [5.41, 5.74) is 0.207. The van der Waals surface area contributed by atoms with Crippen molar-refractivity contribution in [2.75, 3.05) is 11.5 Å². The SMILES string of the molecule is CC1CCC2(CCS(=O)(=O)C2)C1. The Morgan fingerprint density at radius 1 is 1.33 bits per heavy atom. The normalized spacial score (nSPS) is 45.6. The van der Waals surface area contributed by atoms with Gasteiger partial charge < -0.3 is 0 Å². The Labute approximate surface area is 74.3 Å². The molecule has 70 valence electrons. The van der Waals surface area contributed by atoms with Crippen LogP contribution in [0, 0.1) is 11.3 Å². The standard InChI is InChI=1S/C9H16O2S/c1-8-2-3-9(6-8)4-5-12(10,11)7-9/h8H,2-7H2,1H3. The molecule has 1 heterocycles. The second-order valence-electron chi connectivity index (χ2n) is 4.69. The third-order valence-electron chi connectivity index (χ3n) is 3.42. The predicted octanol–water partition coefficient (Wildman–Crippen LogP) is 1.61. The Morgan fingerprint density at radius 2 is 2.08 bits per heavy atom. The van der Waals surface area contributed by atoms with Gasteiger partial charge in [-0.15, -0.1) is 0 Å². The fourth-order valence-electron chi connectivity index (χ4n) is 2.84. The molecule has 1 aliphatic heterocycles. The molecule has 0 N–H and O–H groups in total. The van der Waals surface area contributed by atoms with E-state index < -0.39 is 9.84 Å². The van der Waals surface area contributed by atoms with Gasteiger partial charge in [-0.2, -0.15) is 0 Å². The molecule has 3 heteroatoms. The van der Waals surface area contributed by atoms with Crippen LogP contribution in [0.2, 0.25) is 0 Å². The van der Waals surface area contributed by atoms with Crippen LogP contribution in [-0.2, 0) is 9.84 Å². The molecular weight excluding hydrogens is 172 g/mol. The van der Waals surface area contributed by atoms with Gasteiger partial charge in [-0.1, -0.05) is 13.3 Å². The molecule has 1 spiro atoms. The van der Waals surface area contributed by atoms with Crippen LogP contribution in [0.4, 0.5) is 0 Å². The fraction of sp³-hybridized carbons (Fsp3) is 1.00. The van der Waals surface area contributed by atoms with Gasteiger partial charge in [0, 0.05) is 0 Å². The van der Waals surface area contributed by atoms with Crippen molar-refractivity contribution in [3.05, 3.63) is 0 Å². The van der Waals surface area contributed by atoms with E-state index in [0.717, 1.165) is 25.2 Å². The first-order valence-corrected chi connectivity index (χ1v) is 6.54. The van der Waals surface area contributed by atoms with Gasteiger partial charge in [-0.05, 0) is 30.6 Å². The largest absolute Gasteiger partial charge is 0.229 e. The zero-order chi connectivity index (χ0) is 8.82. The van der Waals surface area contributed by atoms with Gasteiger partial charge in [0.2, 0.25) is 0 Å². The zero-order valence-electron chi connectivity index (χ0n) is 7.54. The Bertz CT molecular complexity index is 281. The van der Waals surface area contributed by atoms with Gasteiger partial charge >= 0.3 is 0 Å².